The molecule has 3 N–H and O–H groups in total. The van der Waals surface area contributed by atoms with Crippen LogP contribution in [0.2, 0.25) is 0 Å². The summed E-state index contributed by atoms with van der Waals surface area (Å²) >= 11 is 0. The van der Waals surface area contributed by atoms with E-state index >= 15 is 0 Å². The second kappa shape index (κ2) is 28.9. The number of ether oxygens (including phenoxy) is 4. The number of carbonyl (C=O) groups excluding carboxylic acids is 6. The minimum atomic E-state index is -0.524. The number of unbranched alkanes of at least 4 members (excludes halogenated alkanes) is 2. The van der Waals surface area contributed by atoms with Gasteiger partial charge in [-0.15, -0.1) is 0 Å². The van der Waals surface area contributed by atoms with Gasteiger partial charge in [0.1, 0.15) is 0 Å². The molecule has 6 aliphatic heterocycles. The van der Waals surface area contributed by atoms with Gasteiger partial charge in [-0.2, -0.15) is 0 Å². The monoisotopic (exact) mass is 1210 g/mol. The summed E-state index contributed by atoms with van der Waals surface area (Å²) in [4.78, 5) is 99.0. The molecule has 89 heavy (non-hydrogen) atoms. The van der Waals surface area contributed by atoms with E-state index in [2.05, 4.69) is 57.1 Å². The maximum atomic E-state index is 14.2. The fourth-order valence-electron chi connectivity index (χ4n) is 13.1. The number of amides is 6. The minimum absolute atomic E-state index is 0.00725. The van der Waals surface area contributed by atoms with Gasteiger partial charge in [-0.05, 0) is 104 Å². The lowest BCUT2D eigenvalue weighted by atomic mass is 9.81. The first-order valence-corrected chi connectivity index (χ1v) is 32.0. The molecule has 0 bridgehead atoms. The highest BCUT2D eigenvalue weighted by atomic mass is 16.5. The zero-order valence-electron chi connectivity index (χ0n) is 51.8. The molecule has 470 valence electrons. The molecule has 6 heterocycles. The molecule has 1 saturated carbocycles. The van der Waals surface area contributed by atoms with Crippen molar-refractivity contribution in [2.24, 2.45) is 21.8 Å². The molecule has 2 unspecified atom stereocenters. The summed E-state index contributed by atoms with van der Waals surface area (Å²) < 4.78 is 23.9. The van der Waals surface area contributed by atoms with Crippen molar-refractivity contribution in [2.75, 3.05) is 90.5 Å². The molecular formula is C69H84N10O10. The van der Waals surface area contributed by atoms with Crippen LogP contribution in [0.3, 0.4) is 0 Å². The van der Waals surface area contributed by atoms with Gasteiger partial charge in [0.2, 0.25) is 23.6 Å². The second-order valence-corrected chi connectivity index (χ2v) is 24.5. The molecule has 2 saturated heterocycles. The molecule has 0 radical (unpaired) electrons. The highest BCUT2D eigenvalue weighted by molar-refractivity contribution is 6.07. The Morgan fingerprint density at radius 3 is 1.78 bits per heavy atom. The van der Waals surface area contributed by atoms with Crippen LogP contribution in [0.1, 0.15) is 135 Å². The Morgan fingerprint density at radius 1 is 0.640 bits per heavy atom. The third kappa shape index (κ3) is 14.7. The Kier molecular flexibility index (Phi) is 20.2. The lowest BCUT2D eigenvalue weighted by Crippen LogP contribution is -2.44. The minimum Gasteiger partial charge on any atom is -0.493 e. The molecule has 4 aromatic carbocycles. The number of benzene rings is 4. The summed E-state index contributed by atoms with van der Waals surface area (Å²) in [6.07, 6.45) is 20.0. The number of hydrogen-bond donors (Lipinski definition) is 3. The van der Waals surface area contributed by atoms with Crippen LogP contribution >= 0.6 is 0 Å². The fraction of sp³-hybridized carbons (Fsp3) is 0.478. The highest BCUT2D eigenvalue weighted by Crippen LogP contribution is 2.43. The second-order valence-electron chi connectivity index (χ2n) is 24.5. The Bertz CT molecular complexity index is 3380. The van der Waals surface area contributed by atoms with Crippen LogP contribution in [0.4, 0.5) is 22.7 Å². The van der Waals surface area contributed by atoms with E-state index < -0.39 is 6.04 Å². The highest BCUT2D eigenvalue weighted by Gasteiger charge is 2.42. The molecule has 11 rings (SSSR count). The lowest BCUT2D eigenvalue weighted by molar-refractivity contribution is -0.140. The first-order chi connectivity index (χ1) is 43.3. The molecule has 7 aliphatic rings. The molecule has 20 heteroatoms. The Morgan fingerprint density at radius 2 is 1.20 bits per heavy atom. The van der Waals surface area contributed by atoms with E-state index in [9.17, 15) is 28.8 Å². The van der Waals surface area contributed by atoms with E-state index in [1.807, 2.05) is 42.9 Å². The van der Waals surface area contributed by atoms with E-state index in [1.165, 1.54) is 37.0 Å². The predicted molar refractivity (Wildman–Crippen MR) is 344 cm³/mol. The van der Waals surface area contributed by atoms with Crippen LogP contribution in [0, 0.1) is 11.8 Å². The van der Waals surface area contributed by atoms with Crippen molar-refractivity contribution in [3.05, 3.63) is 107 Å². The first-order valence-electron chi connectivity index (χ1n) is 32.0. The number of hydrogen-bond acceptors (Lipinski definition) is 15. The number of methoxy groups -OCH3 is 2. The first kappa shape index (κ1) is 62.3. The average molecular weight is 1210 g/mol. The summed E-state index contributed by atoms with van der Waals surface area (Å²) in [6, 6.07) is 21.9. The quantitative estimate of drug-likeness (QED) is 0.0441. The smallest absolute Gasteiger partial charge is 0.260 e. The number of imide groups is 1. The van der Waals surface area contributed by atoms with Crippen LogP contribution in [0.25, 0.3) is 11.1 Å². The zero-order chi connectivity index (χ0) is 62.0. The number of fused-ring (bicyclic) bond motifs is 4. The Labute approximate surface area is 521 Å². The van der Waals surface area contributed by atoms with Gasteiger partial charge in [0.15, 0.2) is 23.0 Å². The van der Waals surface area contributed by atoms with Crippen LogP contribution in [0.5, 0.6) is 23.0 Å². The fourth-order valence-corrected chi connectivity index (χ4v) is 13.1. The van der Waals surface area contributed by atoms with Crippen molar-refractivity contribution >= 4 is 81.8 Å². The maximum Gasteiger partial charge on any atom is 0.260 e. The number of carbonyl (C=O) groups is 6. The van der Waals surface area contributed by atoms with Gasteiger partial charge in [-0.3, -0.25) is 43.7 Å². The van der Waals surface area contributed by atoms with E-state index in [0.717, 1.165) is 80.6 Å². The van der Waals surface area contributed by atoms with Crippen molar-refractivity contribution < 1.29 is 47.7 Å². The van der Waals surface area contributed by atoms with Crippen LogP contribution in [-0.4, -0.2) is 166 Å². The number of piperazine rings is 1. The van der Waals surface area contributed by atoms with Crippen LogP contribution < -0.4 is 39.8 Å². The summed E-state index contributed by atoms with van der Waals surface area (Å²) in [5.41, 5.74) is 7.66. The number of nitrogens with zero attached hydrogens (tertiary/aromatic N) is 7. The van der Waals surface area contributed by atoms with Crippen molar-refractivity contribution in [1.29, 1.82) is 0 Å². The normalized spacial score (nSPS) is 20.6. The molecule has 1 aliphatic carbocycles. The summed E-state index contributed by atoms with van der Waals surface area (Å²) in [5.74, 6) is 1.17. The Hall–Kier alpha value is -8.36. The number of nitrogens with one attached hydrogen (secondary N) is 3. The van der Waals surface area contributed by atoms with Crippen molar-refractivity contribution in [1.82, 2.24) is 30.2 Å². The van der Waals surface area contributed by atoms with E-state index in [4.69, 9.17) is 28.9 Å². The molecule has 4 aromatic rings. The number of anilines is 2. The van der Waals surface area contributed by atoms with Crippen molar-refractivity contribution in [3.63, 3.8) is 0 Å². The summed E-state index contributed by atoms with van der Waals surface area (Å²) in [6.45, 7) is 7.59. The molecular weight excluding hydrogens is 1130 g/mol. The predicted octanol–water partition coefficient (Wildman–Crippen LogP) is 9.58. The Balaban J connectivity index is 0.595. The topological polar surface area (TPSA) is 216 Å². The number of likely N-dealkylation sites (tertiary alicyclic amines) is 1. The molecule has 6 amide bonds. The van der Waals surface area contributed by atoms with Crippen LogP contribution in [-0.2, 0) is 19.2 Å². The van der Waals surface area contributed by atoms with Gasteiger partial charge < -0.3 is 54.5 Å². The lowest BCUT2D eigenvalue weighted by Gasteiger charge is -2.34. The number of rotatable bonds is 24. The zero-order valence-corrected chi connectivity index (χ0v) is 51.8. The van der Waals surface area contributed by atoms with Gasteiger partial charge in [0.25, 0.3) is 11.8 Å². The van der Waals surface area contributed by atoms with E-state index in [1.54, 1.807) is 54.3 Å². The molecule has 20 nitrogen and oxygen atoms in total. The third-order valence-corrected chi connectivity index (χ3v) is 18.4. The summed E-state index contributed by atoms with van der Waals surface area (Å²) in [5, 5.41) is 9.04. The van der Waals surface area contributed by atoms with Gasteiger partial charge in [0, 0.05) is 126 Å². The number of likely N-dealkylation sites (N-methyl/N-ethyl adjacent to an activating group) is 1. The van der Waals surface area contributed by atoms with Gasteiger partial charge in [-0.25, -0.2) is 0 Å². The van der Waals surface area contributed by atoms with Crippen molar-refractivity contribution in [3.8, 4) is 23.0 Å². The summed E-state index contributed by atoms with van der Waals surface area (Å²) in [7, 11) is 5.23. The maximum absolute atomic E-state index is 14.2. The molecule has 0 aromatic heterocycles. The standard InChI is InChI=1S/C69H84N10O10/c1-45(70-25-26-71-64(80)16-11-8-12-27-77-65(81)38-55(67(77)83)48-14-9-6-5-7-10-15-48)66(82)74-51-21-17-46(18-22-51)49-34-53-41-72-58-39-62(60(86-3)36-56(58)68(84)78(53)43-49)88-32-13-33-89-63-40-59-57(37-61(63)87-4)69(85)79-44-50(35-54(79)42-73-59)47-19-23-52(24-20-47)76-30-28-75(2)29-31-76/h17-24,36-37,39-45,48,53-55,70H,5-16,25-35,38H2,1-4H3,(H,71,80)(H,74,82)/t45-,53-,54?,55?/m0/s1. The largest absolute Gasteiger partial charge is 0.493 e. The van der Waals surface area contributed by atoms with Gasteiger partial charge >= 0.3 is 0 Å². The third-order valence-electron chi connectivity index (χ3n) is 18.4. The van der Waals surface area contributed by atoms with E-state index in [-0.39, 0.29) is 66.7 Å². The van der Waals surface area contributed by atoms with Crippen molar-refractivity contribution in [2.45, 2.75) is 121 Å². The van der Waals surface area contributed by atoms with E-state index in [0.29, 0.717) is 122 Å². The average Bonchev–Trinajstić information content (AvgIpc) is 2.15. The molecule has 0 spiro atoms. The van der Waals surface area contributed by atoms with Gasteiger partial charge in [0.05, 0.1) is 74.0 Å². The molecule has 4 atom stereocenters. The number of aliphatic imine (C=N–C) groups is 2. The molecule has 3 fully saturated rings. The SMILES string of the molecule is COc1cc2c(cc1OCCCOc1cc3c(cc1OC)C(=O)N1C=C(c4ccc(NC(=O)[C@H](C)NCCNC(=O)CCCCCN5C(=O)CC(C6CCCCCCC6)C5=O)cc4)C[C@H]1C=N3)N=CC1CC(c3ccc(N4CCN(C)CC4)cc3)=CN1C2=O. The van der Waals surface area contributed by atoms with Crippen LogP contribution in [0.15, 0.2) is 95.2 Å². The van der Waals surface area contributed by atoms with Gasteiger partial charge in [-0.1, -0.05) is 62.8 Å².